The normalized spacial score (nSPS) is 12.0. The Morgan fingerprint density at radius 1 is 0.462 bits per heavy atom. The molecule has 0 saturated heterocycles. The predicted octanol–water partition coefficient (Wildman–Crippen LogP) is 6.14. The number of unbranched alkanes of at least 4 members (excludes halogenated alkanes) is 13. The summed E-state index contributed by atoms with van der Waals surface area (Å²) in [5.74, 6) is 0. The fourth-order valence-corrected chi connectivity index (χ4v) is 4.86. The van der Waals surface area contributed by atoms with Gasteiger partial charge in [-0.25, -0.2) is 28.4 Å². The van der Waals surface area contributed by atoms with E-state index in [1.54, 1.807) is 0 Å². The summed E-state index contributed by atoms with van der Waals surface area (Å²) in [6, 6.07) is 0.598. The lowest BCUT2D eigenvalue weighted by Crippen LogP contribution is -2.45. The highest BCUT2D eigenvalue weighted by molar-refractivity contribution is 6.59. The SMILES string of the molecule is CCCCCCCCCCCCCCCC[Si](OOC)(OOC)OOC. The van der Waals surface area contributed by atoms with Gasteiger partial charge in [-0.3, -0.25) is 0 Å². The quantitative estimate of drug-likeness (QED) is 0.101. The lowest BCUT2D eigenvalue weighted by molar-refractivity contribution is -0.343. The summed E-state index contributed by atoms with van der Waals surface area (Å²) in [5.41, 5.74) is 0. The first kappa shape index (κ1) is 26.0. The largest absolute Gasteiger partial charge is 0.584 e. The minimum atomic E-state index is -3.06. The maximum absolute atomic E-state index is 5.17. The lowest BCUT2D eigenvalue weighted by Gasteiger charge is -2.23. The van der Waals surface area contributed by atoms with Gasteiger partial charge < -0.3 is 0 Å². The highest BCUT2D eigenvalue weighted by Crippen LogP contribution is 2.21. The number of hydrogen-bond donors (Lipinski definition) is 0. The molecule has 0 bridgehead atoms. The van der Waals surface area contributed by atoms with Gasteiger partial charge in [-0.15, -0.1) is 0 Å². The van der Waals surface area contributed by atoms with Crippen LogP contribution in [0.4, 0.5) is 0 Å². The van der Waals surface area contributed by atoms with E-state index in [2.05, 4.69) is 6.92 Å². The van der Waals surface area contributed by atoms with Crippen molar-refractivity contribution in [2.75, 3.05) is 21.3 Å². The van der Waals surface area contributed by atoms with Crippen molar-refractivity contribution in [3.63, 3.8) is 0 Å². The summed E-state index contributed by atoms with van der Waals surface area (Å²) >= 11 is 0. The Kier molecular flexibility index (Phi) is 19.7. The molecule has 0 aliphatic heterocycles. The average Bonchev–Trinajstić information content (AvgIpc) is 2.63. The van der Waals surface area contributed by atoms with Gasteiger partial charge in [0.15, 0.2) is 0 Å². The second-order valence-corrected chi connectivity index (χ2v) is 9.15. The molecule has 0 saturated carbocycles. The summed E-state index contributed by atoms with van der Waals surface area (Å²) in [6.45, 7) is 2.27. The van der Waals surface area contributed by atoms with Gasteiger partial charge in [0, 0.05) is 6.04 Å². The molecule has 0 aromatic heterocycles. The van der Waals surface area contributed by atoms with E-state index in [4.69, 9.17) is 28.4 Å². The van der Waals surface area contributed by atoms with E-state index in [1.165, 1.54) is 98.4 Å². The van der Waals surface area contributed by atoms with Crippen molar-refractivity contribution in [2.45, 2.75) is 103 Å². The highest BCUT2D eigenvalue weighted by atomic mass is 28.4. The topological polar surface area (TPSA) is 55.4 Å². The molecule has 0 atom stereocenters. The van der Waals surface area contributed by atoms with Crippen LogP contribution in [-0.2, 0) is 28.4 Å². The number of hydrogen-bond acceptors (Lipinski definition) is 6. The Hall–Kier alpha value is -0.0231. The van der Waals surface area contributed by atoms with Crippen molar-refractivity contribution in [3.8, 4) is 0 Å². The zero-order valence-corrected chi connectivity index (χ0v) is 18.6. The van der Waals surface area contributed by atoms with Crippen LogP contribution in [-0.4, -0.2) is 30.1 Å². The van der Waals surface area contributed by atoms with Gasteiger partial charge in [0.2, 0.25) is 0 Å². The van der Waals surface area contributed by atoms with Crippen LogP contribution in [0.5, 0.6) is 0 Å². The van der Waals surface area contributed by atoms with Crippen LogP contribution in [0.15, 0.2) is 0 Å². The molecule has 0 heterocycles. The van der Waals surface area contributed by atoms with Crippen LogP contribution in [0.3, 0.4) is 0 Å². The summed E-state index contributed by atoms with van der Waals surface area (Å²) in [6.07, 6.45) is 18.4. The smallest absolute Gasteiger partial charge is 0.246 e. The fraction of sp³-hybridized carbons (Fsp3) is 1.00. The molecule has 26 heavy (non-hydrogen) atoms. The lowest BCUT2D eigenvalue weighted by atomic mass is 10.0. The molecular weight excluding hydrogens is 352 g/mol. The van der Waals surface area contributed by atoms with Crippen molar-refractivity contribution in [1.29, 1.82) is 0 Å². The third kappa shape index (κ3) is 15.1. The van der Waals surface area contributed by atoms with Gasteiger partial charge in [-0.2, -0.15) is 0 Å². The van der Waals surface area contributed by atoms with Crippen LogP contribution in [0.25, 0.3) is 0 Å². The van der Waals surface area contributed by atoms with Gasteiger partial charge in [0.05, 0.1) is 21.3 Å². The van der Waals surface area contributed by atoms with E-state index in [1.807, 2.05) is 0 Å². The molecule has 0 aromatic rings. The molecule has 0 aromatic carbocycles. The van der Waals surface area contributed by atoms with Crippen LogP contribution in [0.2, 0.25) is 6.04 Å². The summed E-state index contributed by atoms with van der Waals surface area (Å²) in [4.78, 5) is 14.2. The molecule has 158 valence electrons. The molecule has 0 rings (SSSR count). The van der Waals surface area contributed by atoms with Crippen LogP contribution < -0.4 is 0 Å². The van der Waals surface area contributed by atoms with Crippen molar-refractivity contribution in [2.24, 2.45) is 0 Å². The van der Waals surface area contributed by atoms with Crippen molar-refractivity contribution >= 4 is 8.80 Å². The zero-order valence-electron chi connectivity index (χ0n) is 17.6. The first-order valence-electron chi connectivity index (χ1n) is 10.4. The molecule has 0 radical (unpaired) electrons. The molecular formula is C19H42O6Si. The van der Waals surface area contributed by atoms with Gasteiger partial charge in [-0.1, -0.05) is 90.4 Å². The van der Waals surface area contributed by atoms with Gasteiger partial charge in [0.25, 0.3) is 0 Å². The Morgan fingerprint density at radius 3 is 1.08 bits per heavy atom. The first-order chi connectivity index (χ1) is 12.7. The Balaban J connectivity index is 3.52. The standard InChI is InChI=1S/C19H42O6Si/c1-5-6-7-8-9-10-11-12-13-14-15-16-17-18-19-26(23-20-2,24-21-3)25-22-4/h5-19H2,1-4H3. The number of rotatable bonds is 21. The highest BCUT2D eigenvalue weighted by Gasteiger charge is 2.46. The molecule has 0 unspecified atom stereocenters. The van der Waals surface area contributed by atoms with E-state index < -0.39 is 8.80 Å². The molecule has 0 N–H and O–H groups in total. The van der Waals surface area contributed by atoms with E-state index in [9.17, 15) is 0 Å². The second-order valence-electron chi connectivity index (χ2n) is 6.78. The van der Waals surface area contributed by atoms with Crippen molar-refractivity contribution < 1.29 is 28.4 Å². The first-order valence-corrected chi connectivity index (χ1v) is 12.3. The van der Waals surface area contributed by atoms with Crippen molar-refractivity contribution in [3.05, 3.63) is 0 Å². The van der Waals surface area contributed by atoms with Crippen LogP contribution in [0, 0.1) is 0 Å². The summed E-state index contributed by atoms with van der Waals surface area (Å²) < 4.78 is 15.5. The average molecular weight is 395 g/mol. The van der Waals surface area contributed by atoms with Gasteiger partial charge in [-0.05, 0) is 6.42 Å². The van der Waals surface area contributed by atoms with E-state index in [-0.39, 0.29) is 0 Å². The Bertz CT molecular complexity index is 264. The molecule has 0 aliphatic rings. The van der Waals surface area contributed by atoms with Gasteiger partial charge in [0.1, 0.15) is 0 Å². The minimum Gasteiger partial charge on any atom is -0.246 e. The molecule has 0 aliphatic carbocycles. The summed E-state index contributed by atoms with van der Waals surface area (Å²) in [7, 11) is 1.20. The van der Waals surface area contributed by atoms with Crippen molar-refractivity contribution in [1.82, 2.24) is 0 Å². The van der Waals surface area contributed by atoms with Crippen LogP contribution in [0.1, 0.15) is 96.8 Å². The fourth-order valence-electron chi connectivity index (χ4n) is 3.08. The van der Waals surface area contributed by atoms with Crippen LogP contribution >= 0.6 is 0 Å². The van der Waals surface area contributed by atoms with E-state index >= 15 is 0 Å². The Labute approximate surface area is 162 Å². The molecule has 6 nitrogen and oxygen atoms in total. The maximum Gasteiger partial charge on any atom is 0.584 e. The third-order valence-electron chi connectivity index (χ3n) is 4.47. The second kappa shape index (κ2) is 19.7. The summed E-state index contributed by atoms with van der Waals surface area (Å²) in [5, 5.41) is 0. The minimum absolute atomic E-state index is 0.598. The molecule has 7 heteroatoms. The zero-order chi connectivity index (χ0) is 19.3. The molecule has 0 amide bonds. The Morgan fingerprint density at radius 2 is 0.769 bits per heavy atom. The predicted molar refractivity (Wildman–Crippen MR) is 105 cm³/mol. The molecule has 0 fully saturated rings. The van der Waals surface area contributed by atoms with E-state index in [0.29, 0.717) is 6.04 Å². The monoisotopic (exact) mass is 394 g/mol. The molecule has 0 spiro atoms. The van der Waals surface area contributed by atoms with Gasteiger partial charge >= 0.3 is 8.80 Å². The maximum atomic E-state index is 5.17. The third-order valence-corrected chi connectivity index (χ3v) is 6.70. The van der Waals surface area contributed by atoms with E-state index in [0.717, 1.165) is 12.8 Å².